The van der Waals surface area contributed by atoms with Crippen molar-refractivity contribution in [2.24, 2.45) is 5.16 Å². The molecule has 1 fully saturated rings. The molecule has 0 radical (unpaired) electrons. The van der Waals surface area contributed by atoms with Crippen molar-refractivity contribution in [3.05, 3.63) is 21.9 Å². The van der Waals surface area contributed by atoms with E-state index in [2.05, 4.69) is 10.5 Å². The van der Waals surface area contributed by atoms with Crippen LogP contribution in [0.4, 0.5) is 8.78 Å². The second-order valence-electron chi connectivity index (χ2n) is 6.06. The van der Waals surface area contributed by atoms with Crippen molar-refractivity contribution in [2.75, 3.05) is 6.61 Å². The highest BCUT2D eigenvalue weighted by molar-refractivity contribution is 7.16. The number of carbonyl (C=O) groups excluding carboxylic acids is 1. The lowest BCUT2D eigenvalue weighted by Crippen LogP contribution is -2.34. The number of amides is 1. The van der Waals surface area contributed by atoms with E-state index >= 15 is 0 Å². The largest absolute Gasteiger partial charge is 0.394 e. The number of aliphatic hydroxyl groups excluding tert-OH is 1. The van der Waals surface area contributed by atoms with Crippen molar-refractivity contribution in [1.29, 1.82) is 0 Å². The molecule has 1 aromatic heterocycles. The minimum Gasteiger partial charge on any atom is -0.394 e. The average Bonchev–Trinajstić information content (AvgIpc) is 3.03. The van der Waals surface area contributed by atoms with Crippen LogP contribution >= 0.6 is 11.3 Å². The number of aliphatic hydroxyl groups is 1. The molecular weight excluding hydrogens is 338 g/mol. The maximum atomic E-state index is 13.1. The Morgan fingerprint density at radius 1 is 1.46 bits per heavy atom. The summed E-state index contributed by atoms with van der Waals surface area (Å²) in [5, 5.41) is 15.7. The zero-order valence-corrected chi connectivity index (χ0v) is 14.5. The summed E-state index contributed by atoms with van der Waals surface area (Å²) in [6.07, 6.45) is -0.0355. The van der Waals surface area contributed by atoms with Gasteiger partial charge in [0.15, 0.2) is 0 Å². The molecule has 1 aliphatic rings. The molecule has 1 aliphatic carbocycles. The molecule has 1 aromatic rings. The van der Waals surface area contributed by atoms with Crippen molar-refractivity contribution in [3.8, 4) is 0 Å². The summed E-state index contributed by atoms with van der Waals surface area (Å²) in [5.74, 6) is -2.84. The zero-order chi connectivity index (χ0) is 17.7. The van der Waals surface area contributed by atoms with Crippen LogP contribution in [0.25, 0.3) is 0 Å². The van der Waals surface area contributed by atoms with E-state index in [9.17, 15) is 13.6 Å². The van der Waals surface area contributed by atoms with E-state index in [-0.39, 0.29) is 37.5 Å². The summed E-state index contributed by atoms with van der Waals surface area (Å²) in [7, 11) is 0. The molecular formula is C16H22F2N2O3S. The average molecular weight is 360 g/mol. The van der Waals surface area contributed by atoms with Gasteiger partial charge in [0.25, 0.3) is 5.91 Å². The number of halogens is 2. The van der Waals surface area contributed by atoms with Gasteiger partial charge >= 0.3 is 0 Å². The monoisotopic (exact) mass is 360 g/mol. The van der Waals surface area contributed by atoms with Gasteiger partial charge < -0.3 is 15.3 Å². The molecule has 1 heterocycles. The van der Waals surface area contributed by atoms with Crippen LogP contribution in [0.1, 0.15) is 54.1 Å². The summed E-state index contributed by atoms with van der Waals surface area (Å²) < 4.78 is 26.2. The molecule has 0 saturated heterocycles. The van der Waals surface area contributed by atoms with Gasteiger partial charge in [-0.3, -0.25) is 4.79 Å². The number of hydrogen-bond acceptors (Lipinski definition) is 5. The van der Waals surface area contributed by atoms with Crippen LogP contribution in [0.3, 0.4) is 0 Å². The van der Waals surface area contributed by atoms with Gasteiger partial charge in [-0.2, -0.15) is 0 Å². The van der Waals surface area contributed by atoms with Gasteiger partial charge in [-0.1, -0.05) is 5.16 Å². The van der Waals surface area contributed by atoms with E-state index in [1.807, 2.05) is 0 Å². The fourth-order valence-electron chi connectivity index (χ4n) is 2.31. The van der Waals surface area contributed by atoms with Gasteiger partial charge in [0.2, 0.25) is 5.92 Å². The molecule has 2 N–H and O–H groups in total. The van der Waals surface area contributed by atoms with Crippen LogP contribution < -0.4 is 5.32 Å². The normalized spacial score (nSPS) is 19.8. The SMILES string of the molecule is C/C(=N\OC1CCC(F)(F)CC1)c1ccc(C(=O)N[C@H](C)CO)s1. The lowest BCUT2D eigenvalue weighted by Gasteiger charge is -2.26. The minimum absolute atomic E-state index is 0.126. The zero-order valence-electron chi connectivity index (χ0n) is 13.7. The Kier molecular flexibility index (Phi) is 6.28. The van der Waals surface area contributed by atoms with Gasteiger partial charge in [0, 0.05) is 18.9 Å². The number of carbonyl (C=O) groups is 1. The highest BCUT2D eigenvalue weighted by atomic mass is 32.1. The molecule has 1 amide bonds. The Hall–Kier alpha value is -1.54. The number of nitrogens with one attached hydrogen (secondary N) is 1. The molecule has 0 aromatic carbocycles. The van der Waals surface area contributed by atoms with E-state index in [1.54, 1.807) is 26.0 Å². The Labute approximate surface area is 143 Å². The van der Waals surface area contributed by atoms with Crippen LogP contribution in [0.15, 0.2) is 17.3 Å². The highest BCUT2D eigenvalue weighted by Crippen LogP contribution is 2.34. The van der Waals surface area contributed by atoms with Gasteiger partial charge in [-0.15, -0.1) is 11.3 Å². The van der Waals surface area contributed by atoms with Crippen molar-refractivity contribution >= 4 is 23.0 Å². The predicted octanol–water partition coefficient (Wildman–Crippen LogP) is 3.18. The fraction of sp³-hybridized carbons (Fsp3) is 0.625. The van der Waals surface area contributed by atoms with Crippen molar-refractivity contribution in [2.45, 2.75) is 57.6 Å². The number of thiophene rings is 1. The number of nitrogens with zero attached hydrogens (tertiary/aromatic N) is 1. The molecule has 8 heteroatoms. The van der Waals surface area contributed by atoms with Crippen molar-refractivity contribution in [1.82, 2.24) is 5.32 Å². The first-order chi connectivity index (χ1) is 11.3. The Morgan fingerprint density at radius 2 is 2.08 bits per heavy atom. The number of hydrogen-bond donors (Lipinski definition) is 2. The molecule has 2 rings (SSSR count). The number of alkyl halides is 2. The van der Waals surface area contributed by atoms with Crippen molar-refractivity contribution in [3.63, 3.8) is 0 Å². The summed E-state index contributed by atoms with van der Waals surface area (Å²) in [6.45, 7) is 3.33. The third-order valence-corrected chi connectivity index (χ3v) is 5.03. The van der Waals surface area contributed by atoms with Crippen LogP contribution in [-0.4, -0.2) is 41.4 Å². The van der Waals surface area contributed by atoms with Gasteiger partial charge in [0.1, 0.15) is 6.10 Å². The summed E-state index contributed by atoms with van der Waals surface area (Å²) >= 11 is 1.26. The van der Waals surface area contributed by atoms with Crippen molar-refractivity contribution < 1.29 is 23.5 Å². The Bertz CT molecular complexity index is 594. The third-order valence-electron chi connectivity index (χ3n) is 3.84. The number of oxime groups is 1. The highest BCUT2D eigenvalue weighted by Gasteiger charge is 2.35. The molecule has 1 saturated carbocycles. The topological polar surface area (TPSA) is 70.9 Å². The van der Waals surface area contributed by atoms with Crippen LogP contribution in [0.2, 0.25) is 0 Å². The first kappa shape index (κ1) is 18.8. The number of rotatable bonds is 6. The molecule has 0 unspecified atom stereocenters. The Morgan fingerprint density at radius 3 is 2.71 bits per heavy atom. The molecule has 1 atom stereocenters. The lowest BCUT2D eigenvalue weighted by atomic mass is 9.94. The second-order valence-corrected chi connectivity index (χ2v) is 7.14. The van der Waals surface area contributed by atoms with Gasteiger partial charge in [-0.05, 0) is 38.8 Å². The molecule has 0 spiro atoms. The summed E-state index contributed by atoms with van der Waals surface area (Å²) in [5.41, 5.74) is 0.603. The molecule has 134 valence electrons. The lowest BCUT2D eigenvalue weighted by molar-refractivity contribution is -0.0797. The fourth-order valence-corrected chi connectivity index (χ4v) is 3.16. The van der Waals surface area contributed by atoms with E-state index in [0.29, 0.717) is 23.4 Å². The maximum absolute atomic E-state index is 13.1. The minimum atomic E-state index is -2.58. The Balaban J connectivity index is 1.91. The van der Waals surface area contributed by atoms with E-state index in [0.717, 1.165) is 4.88 Å². The van der Waals surface area contributed by atoms with E-state index < -0.39 is 5.92 Å². The summed E-state index contributed by atoms with van der Waals surface area (Å²) in [6, 6.07) is 3.13. The second kappa shape index (κ2) is 8.02. The molecule has 5 nitrogen and oxygen atoms in total. The van der Waals surface area contributed by atoms with E-state index in [1.165, 1.54) is 11.3 Å². The van der Waals surface area contributed by atoms with Gasteiger partial charge in [-0.25, -0.2) is 8.78 Å². The molecule has 0 bridgehead atoms. The summed E-state index contributed by atoms with van der Waals surface area (Å²) in [4.78, 5) is 18.6. The quantitative estimate of drug-likeness (QED) is 0.605. The smallest absolute Gasteiger partial charge is 0.261 e. The first-order valence-corrected chi connectivity index (χ1v) is 8.72. The van der Waals surface area contributed by atoms with Crippen LogP contribution in [0, 0.1) is 0 Å². The first-order valence-electron chi connectivity index (χ1n) is 7.91. The van der Waals surface area contributed by atoms with Crippen LogP contribution in [0.5, 0.6) is 0 Å². The standard InChI is InChI=1S/C16H22F2N2O3S/c1-10(9-21)19-15(22)14-4-3-13(24-14)11(2)20-23-12-5-7-16(17,18)8-6-12/h3-4,10,12,21H,5-9H2,1-2H3,(H,19,22)/b20-11+/t10-/m1/s1. The van der Waals surface area contributed by atoms with E-state index in [4.69, 9.17) is 9.94 Å². The molecule has 0 aliphatic heterocycles. The third kappa shape index (κ3) is 5.24. The van der Waals surface area contributed by atoms with Gasteiger partial charge in [0.05, 0.1) is 22.1 Å². The van der Waals surface area contributed by atoms with Crippen LogP contribution in [-0.2, 0) is 4.84 Å². The maximum Gasteiger partial charge on any atom is 0.261 e. The predicted molar refractivity (Wildman–Crippen MR) is 88.8 cm³/mol. The molecule has 24 heavy (non-hydrogen) atoms.